The summed E-state index contributed by atoms with van der Waals surface area (Å²) in [7, 11) is 1.58. The third-order valence-corrected chi connectivity index (χ3v) is 4.98. The molecule has 0 aliphatic carbocycles. The number of benzene rings is 2. The first kappa shape index (κ1) is 22.4. The van der Waals surface area contributed by atoms with Gasteiger partial charge in [0, 0.05) is 18.2 Å². The molecule has 6 heteroatoms. The Bertz CT molecular complexity index is 823. The highest BCUT2D eigenvalue weighted by molar-refractivity contribution is 5.88. The van der Waals surface area contributed by atoms with Crippen LogP contribution in [-0.2, 0) is 22.6 Å². The molecule has 0 aliphatic heterocycles. The van der Waals surface area contributed by atoms with Gasteiger partial charge in [0.05, 0.1) is 13.5 Å². The van der Waals surface area contributed by atoms with E-state index < -0.39 is 11.9 Å². The minimum absolute atomic E-state index is 0.00282. The highest BCUT2D eigenvalue weighted by Gasteiger charge is 2.27. The first-order valence-electron chi connectivity index (χ1n) is 9.81. The molecule has 0 aliphatic rings. The molecule has 2 amide bonds. The van der Waals surface area contributed by atoms with Gasteiger partial charge in [-0.15, -0.1) is 0 Å². The number of carbonyl (C=O) groups is 2. The lowest BCUT2D eigenvalue weighted by atomic mass is 10.1. The average Bonchev–Trinajstić information content (AvgIpc) is 2.72. The monoisotopic (exact) mass is 400 g/mol. The summed E-state index contributed by atoms with van der Waals surface area (Å²) in [5.74, 6) is -0.195. The van der Waals surface area contributed by atoms with Gasteiger partial charge in [0.15, 0.2) is 0 Å². The number of nitrogens with one attached hydrogen (secondary N) is 1. The van der Waals surface area contributed by atoms with Gasteiger partial charge in [0.25, 0.3) is 0 Å². The van der Waals surface area contributed by atoms with Crippen LogP contribution in [0.4, 0.5) is 4.39 Å². The number of hydrogen-bond acceptors (Lipinski definition) is 3. The molecule has 2 unspecified atom stereocenters. The summed E-state index contributed by atoms with van der Waals surface area (Å²) in [6.07, 6.45) is 0.894. The number of rotatable bonds is 9. The number of halogens is 1. The largest absolute Gasteiger partial charge is 0.497 e. The van der Waals surface area contributed by atoms with Crippen LogP contribution in [0.3, 0.4) is 0 Å². The van der Waals surface area contributed by atoms with Crippen LogP contribution in [0, 0.1) is 5.82 Å². The molecule has 0 fully saturated rings. The van der Waals surface area contributed by atoms with Crippen LogP contribution in [0.5, 0.6) is 5.75 Å². The first-order chi connectivity index (χ1) is 13.8. The van der Waals surface area contributed by atoms with E-state index in [1.807, 2.05) is 26.0 Å². The molecule has 5 nitrogen and oxygen atoms in total. The Morgan fingerprint density at radius 1 is 1.10 bits per heavy atom. The maximum atomic E-state index is 14.2. The van der Waals surface area contributed by atoms with Gasteiger partial charge in [-0.2, -0.15) is 0 Å². The number of carbonyl (C=O) groups excluding carboxylic acids is 2. The van der Waals surface area contributed by atoms with Crippen molar-refractivity contribution < 1.29 is 18.7 Å². The van der Waals surface area contributed by atoms with E-state index in [1.165, 1.54) is 11.0 Å². The van der Waals surface area contributed by atoms with Gasteiger partial charge < -0.3 is 15.0 Å². The smallest absolute Gasteiger partial charge is 0.242 e. The summed E-state index contributed by atoms with van der Waals surface area (Å²) in [6.45, 7) is 5.58. The normalized spacial score (nSPS) is 12.7. The summed E-state index contributed by atoms with van der Waals surface area (Å²) in [5, 5.41) is 2.90. The molecule has 2 atom stereocenters. The Morgan fingerprint density at radius 2 is 1.76 bits per heavy atom. The summed E-state index contributed by atoms with van der Waals surface area (Å²) in [5.41, 5.74) is 1.17. The predicted molar refractivity (Wildman–Crippen MR) is 111 cm³/mol. The van der Waals surface area contributed by atoms with Crippen molar-refractivity contribution in [3.8, 4) is 5.75 Å². The average molecular weight is 400 g/mol. The Balaban J connectivity index is 2.23. The molecule has 0 spiro atoms. The minimum atomic E-state index is -0.727. The molecule has 1 N–H and O–H groups in total. The topological polar surface area (TPSA) is 58.6 Å². The Labute approximate surface area is 171 Å². The second kappa shape index (κ2) is 10.6. The summed E-state index contributed by atoms with van der Waals surface area (Å²) in [4.78, 5) is 27.2. The molecule has 0 saturated heterocycles. The predicted octanol–water partition coefficient (Wildman–Crippen LogP) is 3.71. The zero-order chi connectivity index (χ0) is 21.4. The lowest BCUT2D eigenvalue weighted by molar-refractivity contribution is -0.140. The van der Waals surface area contributed by atoms with E-state index in [2.05, 4.69) is 5.32 Å². The number of hydrogen-bond donors (Lipinski definition) is 1. The van der Waals surface area contributed by atoms with Crippen molar-refractivity contribution in [1.29, 1.82) is 0 Å². The van der Waals surface area contributed by atoms with Gasteiger partial charge in [-0.25, -0.2) is 4.39 Å². The lowest BCUT2D eigenvalue weighted by Crippen LogP contribution is -2.50. The second-order valence-corrected chi connectivity index (χ2v) is 7.13. The molecule has 0 heterocycles. The number of nitrogens with zero attached hydrogens (tertiary/aromatic N) is 1. The fraction of sp³-hybridized carbons (Fsp3) is 0.391. The van der Waals surface area contributed by atoms with E-state index in [1.54, 1.807) is 44.4 Å². The maximum absolute atomic E-state index is 14.2. The minimum Gasteiger partial charge on any atom is -0.497 e. The zero-order valence-electron chi connectivity index (χ0n) is 17.4. The van der Waals surface area contributed by atoms with Gasteiger partial charge in [0.2, 0.25) is 11.8 Å². The Hall–Kier alpha value is -2.89. The van der Waals surface area contributed by atoms with Gasteiger partial charge in [-0.3, -0.25) is 9.59 Å². The summed E-state index contributed by atoms with van der Waals surface area (Å²) < 4.78 is 19.3. The van der Waals surface area contributed by atoms with Crippen LogP contribution in [0.1, 0.15) is 38.3 Å². The highest BCUT2D eigenvalue weighted by Crippen LogP contribution is 2.17. The SMILES string of the molecule is CCC(C)NC(=O)C(C)N(Cc1ccccc1F)C(=O)Cc1ccc(OC)cc1. The van der Waals surface area contributed by atoms with Crippen LogP contribution in [-0.4, -0.2) is 35.9 Å². The van der Waals surface area contributed by atoms with E-state index in [-0.39, 0.29) is 30.8 Å². The molecular formula is C23H29FN2O3. The molecule has 29 heavy (non-hydrogen) atoms. The van der Waals surface area contributed by atoms with Gasteiger partial charge in [0.1, 0.15) is 17.6 Å². The summed E-state index contributed by atoms with van der Waals surface area (Å²) in [6, 6.07) is 12.7. The standard InChI is InChI=1S/C23H29FN2O3/c1-5-16(2)25-23(28)17(3)26(15-19-8-6-7-9-21(19)24)22(27)14-18-10-12-20(29-4)13-11-18/h6-13,16-17H,5,14-15H2,1-4H3,(H,25,28). The lowest BCUT2D eigenvalue weighted by Gasteiger charge is -2.30. The van der Waals surface area contributed by atoms with Crippen molar-refractivity contribution in [1.82, 2.24) is 10.2 Å². The van der Waals surface area contributed by atoms with Crippen LogP contribution >= 0.6 is 0 Å². The van der Waals surface area contributed by atoms with Crippen LogP contribution in [0.2, 0.25) is 0 Å². The van der Waals surface area contributed by atoms with Gasteiger partial charge >= 0.3 is 0 Å². The van der Waals surface area contributed by atoms with Gasteiger partial charge in [-0.05, 0) is 44.0 Å². The number of ether oxygens (including phenoxy) is 1. The molecule has 2 aromatic carbocycles. The summed E-state index contributed by atoms with van der Waals surface area (Å²) >= 11 is 0. The third kappa shape index (κ3) is 6.31. The molecule has 0 aromatic heterocycles. The molecule has 2 aromatic rings. The molecular weight excluding hydrogens is 371 g/mol. The number of amides is 2. The Kier molecular flexibility index (Phi) is 8.19. The zero-order valence-corrected chi connectivity index (χ0v) is 17.4. The maximum Gasteiger partial charge on any atom is 0.242 e. The molecule has 0 radical (unpaired) electrons. The fourth-order valence-electron chi connectivity index (χ4n) is 2.88. The third-order valence-electron chi connectivity index (χ3n) is 4.98. The Morgan fingerprint density at radius 3 is 2.34 bits per heavy atom. The molecule has 0 saturated carbocycles. The van der Waals surface area contributed by atoms with Crippen molar-refractivity contribution in [2.75, 3.05) is 7.11 Å². The molecule has 2 rings (SSSR count). The van der Waals surface area contributed by atoms with E-state index >= 15 is 0 Å². The molecule has 156 valence electrons. The fourth-order valence-corrected chi connectivity index (χ4v) is 2.88. The van der Waals surface area contributed by atoms with E-state index in [9.17, 15) is 14.0 Å². The van der Waals surface area contributed by atoms with Crippen molar-refractivity contribution in [2.45, 2.75) is 52.2 Å². The van der Waals surface area contributed by atoms with Crippen LogP contribution in [0.15, 0.2) is 48.5 Å². The van der Waals surface area contributed by atoms with E-state index in [0.717, 1.165) is 12.0 Å². The second-order valence-electron chi connectivity index (χ2n) is 7.13. The van der Waals surface area contributed by atoms with Crippen molar-refractivity contribution in [3.63, 3.8) is 0 Å². The first-order valence-corrected chi connectivity index (χ1v) is 9.81. The van der Waals surface area contributed by atoms with Crippen molar-refractivity contribution in [3.05, 3.63) is 65.5 Å². The molecule has 0 bridgehead atoms. The van der Waals surface area contributed by atoms with Crippen LogP contribution < -0.4 is 10.1 Å². The van der Waals surface area contributed by atoms with Crippen molar-refractivity contribution >= 4 is 11.8 Å². The highest BCUT2D eigenvalue weighted by atomic mass is 19.1. The van der Waals surface area contributed by atoms with Gasteiger partial charge in [-0.1, -0.05) is 37.3 Å². The quantitative estimate of drug-likeness (QED) is 0.698. The van der Waals surface area contributed by atoms with E-state index in [4.69, 9.17) is 4.74 Å². The van der Waals surface area contributed by atoms with E-state index in [0.29, 0.717) is 11.3 Å². The van der Waals surface area contributed by atoms with Crippen LogP contribution in [0.25, 0.3) is 0 Å². The number of methoxy groups -OCH3 is 1. The van der Waals surface area contributed by atoms with Crippen molar-refractivity contribution in [2.24, 2.45) is 0 Å².